The smallest absolute Gasteiger partial charge is 0.307 e. The van der Waals surface area contributed by atoms with Crippen LogP contribution in [0.5, 0.6) is 0 Å². The van der Waals surface area contributed by atoms with Crippen molar-refractivity contribution in [3.63, 3.8) is 0 Å². The van der Waals surface area contributed by atoms with Crippen LogP contribution in [0.3, 0.4) is 0 Å². The molecule has 10 heteroatoms. The number of nitrogens with zero attached hydrogens (tertiary/aromatic N) is 3. The summed E-state index contributed by atoms with van der Waals surface area (Å²) in [5.74, 6) is -1.15. The Morgan fingerprint density at radius 2 is 1.65 bits per heavy atom. The molecule has 0 aliphatic rings. The Morgan fingerprint density at radius 3 is 2.09 bits per heavy atom. The third-order valence-corrected chi connectivity index (χ3v) is 2.87. The number of carbonyl (C=O) groups excluding carboxylic acids is 2. The first-order valence-electron chi connectivity index (χ1n) is 6.61. The van der Waals surface area contributed by atoms with Crippen LogP contribution < -0.4 is 0 Å². The van der Waals surface area contributed by atoms with E-state index in [1.807, 2.05) is 0 Å². The second kappa shape index (κ2) is 7.82. The van der Waals surface area contributed by atoms with Gasteiger partial charge in [-0.1, -0.05) is 0 Å². The number of nitro groups is 2. The van der Waals surface area contributed by atoms with Crippen LogP contribution in [0.4, 0.5) is 11.4 Å². The lowest BCUT2D eigenvalue weighted by Gasteiger charge is -2.16. The Bertz CT molecular complexity index is 612. The van der Waals surface area contributed by atoms with Gasteiger partial charge in [0.2, 0.25) is 0 Å². The lowest BCUT2D eigenvalue weighted by atomic mass is 10.1. The molecule has 0 aromatic heterocycles. The van der Waals surface area contributed by atoms with E-state index in [1.54, 1.807) is 6.92 Å². The standard InChI is InChI=1S/C13H15N3O7/c1-3-23-12(17)4-5-14(2)13(18)9-6-10(15(19)20)8-11(7-9)16(21)22/h6-8H,3-5H2,1-2H3. The van der Waals surface area contributed by atoms with Crippen molar-refractivity contribution in [2.24, 2.45) is 0 Å². The van der Waals surface area contributed by atoms with Gasteiger partial charge in [-0.05, 0) is 6.92 Å². The molecular formula is C13H15N3O7. The van der Waals surface area contributed by atoms with Gasteiger partial charge in [0.15, 0.2) is 0 Å². The zero-order chi connectivity index (χ0) is 17.6. The van der Waals surface area contributed by atoms with E-state index >= 15 is 0 Å². The van der Waals surface area contributed by atoms with Gasteiger partial charge in [-0.25, -0.2) is 0 Å². The zero-order valence-electron chi connectivity index (χ0n) is 12.6. The number of hydrogen-bond acceptors (Lipinski definition) is 7. The largest absolute Gasteiger partial charge is 0.466 e. The molecule has 0 fully saturated rings. The van der Waals surface area contributed by atoms with E-state index in [4.69, 9.17) is 4.74 Å². The van der Waals surface area contributed by atoms with Crippen LogP contribution in [0.2, 0.25) is 0 Å². The molecule has 1 rings (SSSR count). The molecule has 0 radical (unpaired) electrons. The summed E-state index contributed by atoms with van der Waals surface area (Å²) in [6, 6.07) is 2.68. The van der Waals surface area contributed by atoms with Crippen molar-refractivity contribution in [2.75, 3.05) is 20.2 Å². The molecule has 0 spiro atoms. The molecule has 23 heavy (non-hydrogen) atoms. The number of benzene rings is 1. The number of nitro benzene ring substituents is 2. The second-order valence-electron chi connectivity index (χ2n) is 4.53. The van der Waals surface area contributed by atoms with Crippen LogP contribution in [0.25, 0.3) is 0 Å². The van der Waals surface area contributed by atoms with E-state index in [-0.39, 0.29) is 25.1 Å². The Balaban J connectivity index is 2.95. The topological polar surface area (TPSA) is 133 Å². The lowest BCUT2D eigenvalue weighted by Crippen LogP contribution is -2.29. The molecule has 0 saturated heterocycles. The molecule has 1 amide bonds. The summed E-state index contributed by atoms with van der Waals surface area (Å²) in [5.41, 5.74) is -1.31. The first kappa shape index (κ1) is 18.0. The molecule has 0 atom stereocenters. The van der Waals surface area contributed by atoms with Gasteiger partial charge in [0.25, 0.3) is 17.3 Å². The van der Waals surface area contributed by atoms with Crippen molar-refractivity contribution in [1.29, 1.82) is 0 Å². The Hall–Kier alpha value is -3.04. The maximum atomic E-state index is 12.2. The van der Waals surface area contributed by atoms with Crippen molar-refractivity contribution in [1.82, 2.24) is 4.90 Å². The summed E-state index contributed by atoms with van der Waals surface area (Å²) in [6.07, 6.45) is -0.0485. The summed E-state index contributed by atoms with van der Waals surface area (Å²) in [6.45, 7) is 1.89. The monoisotopic (exact) mass is 325 g/mol. The first-order valence-corrected chi connectivity index (χ1v) is 6.61. The van der Waals surface area contributed by atoms with Crippen LogP contribution in [-0.2, 0) is 9.53 Å². The minimum absolute atomic E-state index is 0.0220. The molecule has 1 aromatic rings. The molecule has 0 aliphatic carbocycles. The Kier molecular flexibility index (Phi) is 6.13. The summed E-state index contributed by atoms with van der Waals surface area (Å²) in [5, 5.41) is 21.6. The van der Waals surface area contributed by atoms with E-state index in [0.29, 0.717) is 0 Å². The minimum atomic E-state index is -0.817. The van der Waals surface area contributed by atoms with Crippen LogP contribution in [-0.4, -0.2) is 46.8 Å². The predicted octanol–water partition coefficient (Wildman–Crippen LogP) is 1.53. The highest BCUT2D eigenvalue weighted by atomic mass is 16.6. The third-order valence-electron chi connectivity index (χ3n) is 2.87. The predicted molar refractivity (Wildman–Crippen MR) is 78.0 cm³/mol. The van der Waals surface area contributed by atoms with Gasteiger partial charge in [0, 0.05) is 25.7 Å². The number of ether oxygens (including phenoxy) is 1. The number of esters is 1. The molecule has 0 heterocycles. The van der Waals surface area contributed by atoms with E-state index in [1.165, 1.54) is 7.05 Å². The van der Waals surface area contributed by atoms with Crippen molar-refractivity contribution in [2.45, 2.75) is 13.3 Å². The molecule has 0 aliphatic heterocycles. The van der Waals surface area contributed by atoms with E-state index in [2.05, 4.69) is 0 Å². The van der Waals surface area contributed by atoms with Crippen molar-refractivity contribution >= 4 is 23.3 Å². The first-order chi connectivity index (χ1) is 10.8. The maximum absolute atomic E-state index is 12.2. The molecule has 124 valence electrons. The lowest BCUT2D eigenvalue weighted by molar-refractivity contribution is -0.394. The van der Waals surface area contributed by atoms with Crippen molar-refractivity contribution < 1.29 is 24.2 Å². The highest BCUT2D eigenvalue weighted by Gasteiger charge is 2.22. The second-order valence-corrected chi connectivity index (χ2v) is 4.53. The van der Waals surface area contributed by atoms with Gasteiger partial charge < -0.3 is 9.64 Å². The molecular weight excluding hydrogens is 310 g/mol. The van der Waals surface area contributed by atoms with Crippen molar-refractivity contribution in [3.8, 4) is 0 Å². The molecule has 1 aromatic carbocycles. The van der Waals surface area contributed by atoms with E-state index < -0.39 is 33.1 Å². The number of non-ortho nitro benzene ring substituents is 2. The number of hydrogen-bond donors (Lipinski definition) is 0. The van der Waals surface area contributed by atoms with E-state index in [9.17, 15) is 29.8 Å². The van der Waals surface area contributed by atoms with E-state index in [0.717, 1.165) is 23.1 Å². The normalized spacial score (nSPS) is 10.0. The SMILES string of the molecule is CCOC(=O)CCN(C)C(=O)c1cc([N+](=O)[O-])cc([N+](=O)[O-])c1. The van der Waals surface area contributed by atoms with Gasteiger partial charge in [-0.3, -0.25) is 29.8 Å². The number of amides is 1. The summed E-state index contributed by atoms with van der Waals surface area (Å²) < 4.78 is 4.72. The van der Waals surface area contributed by atoms with Gasteiger partial charge >= 0.3 is 5.97 Å². The third kappa shape index (κ3) is 5.02. The Labute approximate surface area is 130 Å². The Morgan fingerprint density at radius 1 is 1.13 bits per heavy atom. The average Bonchev–Trinajstić information content (AvgIpc) is 2.51. The molecule has 10 nitrogen and oxygen atoms in total. The van der Waals surface area contributed by atoms with Gasteiger partial charge in [0.05, 0.1) is 34.5 Å². The zero-order valence-corrected chi connectivity index (χ0v) is 12.6. The average molecular weight is 325 g/mol. The minimum Gasteiger partial charge on any atom is -0.466 e. The van der Waals surface area contributed by atoms with Crippen LogP contribution in [0, 0.1) is 20.2 Å². The van der Waals surface area contributed by atoms with Crippen LogP contribution >= 0.6 is 0 Å². The maximum Gasteiger partial charge on any atom is 0.307 e. The van der Waals surface area contributed by atoms with Crippen LogP contribution in [0.15, 0.2) is 18.2 Å². The number of carbonyl (C=O) groups is 2. The van der Waals surface area contributed by atoms with Gasteiger partial charge in [0.1, 0.15) is 0 Å². The fraction of sp³-hybridized carbons (Fsp3) is 0.385. The molecule has 0 bridgehead atoms. The van der Waals surface area contributed by atoms with Gasteiger partial charge in [-0.2, -0.15) is 0 Å². The summed E-state index contributed by atoms with van der Waals surface area (Å²) in [7, 11) is 1.38. The van der Waals surface area contributed by atoms with Crippen molar-refractivity contribution in [3.05, 3.63) is 44.0 Å². The van der Waals surface area contributed by atoms with Crippen LogP contribution in [0.1, 0.15) is 23.7 Å². The van der Waals surface area contributed by atoms with Gasteiger partial charge in [-0.15, -0.1) is 0 Å². The fourth-order valence-electron chi connectivity index (χ4n) is 1.74. The summed E-state index contributed by atoms with van der Waals surface area (Å²) >= 11 is 0. The summed E-state index contributed by atoms with van der Waals surface area (Å²) in [4.78, 5) is 44.6. The highest BCUT2D eigenvalue weighted by molar-refractivity contribution is 5.95. The molecule has 0 N–H and O–H groups in total. The quantitative estimate of drug-likeness (QED) is 0.421. The number of rotatable bonds is 7. The molecule has 0 saturated carbocycles. The highest BCUT2D eigenvalue weighted by Crippen LogP contribution is 2.23. The molecule has 0 unspecified atom stereocenters. The fourth-order valence-corrected chi connectivity index (χ4v) is 1.74.